The summed E-state index contributed by atoms with van der Waals surface area (Å²) in [6.07, 6.45) is 8.96. The van der Waals surface area contributed by atoms with E-state index in [4.69, 9.17) is 0 Å². The number of thiophene rings is 1. The predicted octanol–water partition coefficient (Wildman–Crippen LogP) is 6.60. The van der Waals surface area contributed by atoms with Crippen molar-refractivity contribution in [3.8, 4) is 10.6 Å². The molecule has 34 heavy (non-hydrogen) atoms. The van der Waals surface area contributed by atoms with E-state index in [9.17, 15) is 9.59 Å². The lowest BCUT2D eigenvalue weighted by Crippen LogP contribution is -2.30. The van der Waals surface area contributed by atoms with Crippen LogP contribution in [0.2, 0.25) is 0 Å². The molecule has 1 N–H and O–H groups in total. The molecule has 2 heterocycles. The summed E-state index contributed by atoms with van der Waals surface area (Å²) in [6, 6.07) is 11.8. The van der Waals surface area contributed by atoms with Gasteiger partial charge < -0.3 is 5.32 Å². The smallest absolute Gasteiger partial charge is 0.336 e. The molecule has 5 nitrogen and oxygen atoms in total. The maximum atomic E-state index is 13.2. The molecule has 1 fully saturated rings. The molecule has 0 atom stereocenters. The number of rotatable bonds is 6. The molecule has 3 aromatic rings. The average Bonchev–Trinajstić information content (AvgIpc) is 3.54. The van der Waals surface area contributed by atoms with Crippen LogP contribution in [0, 0.1) is 5.41 Å². The number of carbonyl (C=O) groups excluding carboxylic acids is 2. The van der Waals surface area contributed by atoms with Gasteiger partial charge in [0.25, 0.3) is 0 Å². The van der Waals surface area contributed by atoms with Gasteiger partial charge >= 0.3 is 6.03 Å². The number of hydrogen-bond acceptors (Lipinski definition) is 5. The summed E-state index contributed by atoms with van der Waals surface area (Å²) >= 11 is 3.59. The number of hydrogen-bond donors (Lipinski definition) is 1. The molecule has 0 aliphatic heterocycles. The van der Waals surface area contributed by atoms with Crippen LogP contribution in [0.4, 0.5) is 4.79 Å². The SMILES string of the molecule is CC1(C)CC(=O)c2c(SC3CCCC3)sc(-c3ccn(C(=O)NCCc4ccccc4)n3)c2C1. The standard InChI is InChI=1S/C27H31N3O2S2/c1-27(2)16-20-23(22(31)17-27)25(33-19-10-6-7-11-19)34-24(20)21-13-15-30(29-21)26(32)28-14-12-18-8-4-3-5-9-18/h3-5,8-9,13,15,19H,6-7,10-12,14,16-17H2,1-2H3,(H,28,32). The Morgan fingerprint density at radius 1 is 1.18 bits per heavy atom. The number of nitrogens with zero attached hydrogens (tertiary/aromatic N) is 2. The topological polar surface area (TPSA) is 64.0 Å². The van der Waals surface area contributed by atoms with E-state index < -0.39 is 0 Å². The lowest BCUT2D eigenvalue weighted by molar-refractivity contribution is 0.0910. The van der Waals surface area contributed by atoms with Crippen molar-refractivity contribution in [2.45, 2.75) is 68.3 Å². The van der Waals surface area contributed by atoms with Gasteiger partial charge in [-0.15, -0.1) is 23.1 Å². The Bertz CT molecular complexity index is 1190. The van der Waals surface area contributed by atoms with Crippen LogP contribution in [0.25, 0.3) is 10.6 Å². The van der Waals surface area contributed by atoms with Crippen LogP contribution in [0.15, 0.2) is 46.8 Å². The van der Waals surface area contributed by atoms with E-state index in [0.717, 1.165) is 38.7 Å². The summed E-state index contributed by atoms with van der Waals surface area (Å²) in [4.78, 5) is 26.9. The van der Waals surface area contributed by atoms with Crippen molar-refractivity contribution in [3.63, 3.8) is 0 Å². The van der Waals surface area contributed by atoms with Crippen molar-refractivity contribution in [1.29, 1.82) is 0 Å². The van der Waals surface area contributed by atoms with E-state index in [2.05, 4.69) is 36.4 Å². The molecule has 2 aliphatic rings. The fourth-order valence-corrected chi connectivity index (χ4v) is 8.11. The van der Waals surface area contributed by atoms with Crippen LogP contribution < -0.4 is 5.32 Å². The van der Waals surface area contributed by atoms with Gasteiger partial charge in [0, 0.05) is 30.0 Å². The molecular formula is C27H31N3O2S2. The third-order valence-corrected chi connectivity index (χ3v) is 9.50. The Morgan fingerprint density at radius 2 is 1.94 bits per heavy atom. The van der Waals surface area contributed by atoms with Crippen molar-refractivity contribution in [1.82, 2.24) is 15.1 Å². The fourth-order valence-electron chi connectivity index (χ4n) is 5.00. The van der Waals surface area contributed by atoms with E-state index in [-0.39, 0.29) is 17.2 Å². The van der Waals surface area contributed by atoms with Crippen LogP contribution in [0.1, 0.15) is 67.4 Å². The average molecular weight is 494 g/mol. The van der Waals surface area contributed by atoms with Crippen LogP contribution >= 0.6 is 23.1 Å². The minimum absolute atomic E-state index is 0.0629. The lowest BCUT2D eigenvalue weighted by Gasteiger charge is -2.29. The van der Waals surface area contributed by atoms with Crippen molar-refractivity contribution < 1.29 is 9.59 Å². The number of amides is 1. The molecule has 1 saturated carbocycles. The maximum absolute atomic E-state index is 13.2. The molecule has 0 radical (unpaired) electrons. The van der Waals surface area contributed by atoms with Crippen molar-refractivity contribution in [3.05, 3.63) is 59.3 Å². The normalized spacial score (nSPS) is 17.6. The highest BCUT2D eigenvalue weighted by atomic mass is 32.2. The van der Waals surface area contributed by atoms with Crippen molar-refractivity contribution in [2.24, 2.45) is 5.41 Å². The number of carbonyl (C=O) groups is 2. The minimum Gasteiger partial charge on any atom is -0.336 e. The quantitative estimate of drug-likeness (QED) is 0.420. The third kappa shape index (κ3) is 5.01. The Labute approximate surface area is 209 Å². The van der Waals surface area contributed by atoms with E-state index in [0.29, 0.717) is 18.2 Å². The monoisotopic (exact) mass is 493 g/mol. The minimum atomic E-state index is -0.232. The first-order valence-electron chi connectivity index (χ1n) is 12.1. The highest BCUT2D eigenvalue weighted by Gasteiger charge is 2.37. The van der Waals surface area contributed by atoms with E-state index >= 15 is 0 Å². The molecule has 1 amide bonds. The Balaban J connectivity index is 1.37. The Hall–Kier alpha value is -2.38. The van der Waals surface area contributed by atoms with E-state index in [1.807, 2.05) is 36.0 Å². The number of fused-ring (bicyclic) bond motifs is 1. The van der Waals surface area contributed by atoms with Crippen molar-refractivity contribution in [2.75, 3.05) is 6.54 Å². The molecule has 0 bridgehead atoms. The summed E-state index contributed by atoms with van der Waals surface area (Å²) in [5.74, 6) is 0.257. The summed E-state index contributed by atoms with van der Waals surface area (Å²) in [5.41, 5.74) is 3.96. The molecule has 5 rings (SSSR count). The molecule has 0 unspecified atom stereocenters. The summed E-state index contributed by atoms with van der Waals surface area (Å²) in [5, 5.41) is 8.18. The van der Waals surface area contributed by atoms with Crippen molar-refractivity contribution >= 4 is 34.9 Å². The second kappa shape index (κ2) is 9.70. The molecule has 178 valence electrons. The van der Waals surface area contributed by atoms with Crippen LogP contribution in [-0.2, 0) is 12.8 Å². The van der Waals surface area contributed by atoms with Gasteiger partial charge in [-0.3, -0.25) is 4.79 Å². The number of ketones is 1. The van der Waals surface area contributed by atoms with Gasteiger partial charge in [0.15, 0.2) is 5.78 Å². The largest absolute Gasteiger partial charge is 0.342 e. The van der Waals surface area contributed by atoms with Crippen LogP contribution in [0.5, 0.6) is 0 Å². The first-order chi connectivity index (χ1) is 16.4. The van der Waals surface area contributed by atoms with Gasteiger partial charge in [-0.05, 0) is 48.3 Å². The molecule has 2 aromatic heterocycles. The molecular weight excluding hydrogens is 462 g/mol. The number of thioether (sulfide) groups is 1. The molecule has 0 saturated heterocycles. The van der Waals surface area contributed by atoms with Crippen LogP contribution in [-0.4, -0.2) is 33.4 Å². The Morgan fingerprint density at radius 3 is 2.71 bits per heavy atom. The van der Waals surface area contributed by atoms with Crippen LogP contribution in [0.3, 0.4) is 0 Å². The number of nitrogens with one attached hydrogen (secondary N) is 1. The van der Waals surface area contributed by atoms with Gasteiger partial charge in [0.2, 0.25) is 0 Å². The predicted molar refractivity (Wildman–Crippen MR) is 139 cm³/mol. The molecule has 0 spiro atoms. The number of Topliss-reactive ketones (excluding diaryl/α,β-unsaturated/α-hetero) is 1. The van der Waals surface area contributed by atoms with Gasteiger partial charge in [0.1, 0.15) is 5.69 Å². The second-order valence-corrected chi connectivity index (χ2v) is 12.7. The number of benzene rings is 1. The fraction of sp³-hybridized carbons (Fsp3) is 0.444. The second-order valence-electron chi connectivity index (χ2n) is 10.2. The van der Waals surface area contributed by atoms with E-state index in [1.165, 1.54) is 35.9 Å². The Kier molecular flexibility index (Phi) is 6.67. The highest BCUT2D eigenvalue weighted by molar-refractivity contribution is 8.01. The van der Waals surface area contributed by atoms with Gasteiger partial charge in [-0.25, -0.2) is 4.79 Å². The zero-order valence-corrected chi connectivity index (χ0v) is 21.4. The lowest BCUT2D eigenvalue weighted by atomic mass is 9.74. The molecule has 2 aliphatic carbocycles. The van der Waals surface area contributed by atoms with Gasteiger partial charge in [-0.1, -0.05) is 57.0 Å². The zero-order chi connectivity index (χ0) is 23.7. The first kappa shape index (κ1) is 23.4. The third-order valence-electron chi connectivity index (χ3n) is 6.69. The molecule has 7 heteroatoms. The summed E-state index contributed by atoms with van der Waals surface area (Å²) < 4.78 is 2.53. The van der Waals surface area contributed by atoms with E-state index in [1.54, 1.807) is 17.5 Å². The maximum Gasteiger partial charge on any atom is 0.342 e. The summed E-state index contributed by atoms with van der Waals surface area (Å²) in [7, 11) is 0. The van der Waals surface area contributed by atoms with Gasteiger partial charge in [-0.2, -0.15) is 9.78 Å². The zero-order valence-electron chi connectivity index (χ0n) is 19.8. The highest BCUT2D eigenvalue weighted by Crippen LogP contribution is 2.50. The summed E-state index contributed by atoms with van der Waals surface area (Å²) in [6.45, 7) is 4.88. The molecule has 1 aromatic carbocycles. The first-order valence-corrected chi connectivity index (χ1v) is 13.8. The number of aromatic nitrogens is 2. The van der Waals surface area contributed by atoms with Gasteiger partial charge in [0.05, 0.1) is 9.09 Å².